The van der Waals surface area contributed by atoms with Gasteiger partial charge in [0.1, 0.15) is 5.75 Å². The molecule has 5 heteroatoms. The van der Waals surface area contributed by atoms with E-state index in [1.165, 1.54) is 6.42 Å². The molecule has 1 atom stereocenters. The first-order valence-electron chi connectivity index (χ1n) is 9.40. The maximum Gasteiger partial charge on any atom is 0.173 e. The van der Waals surface area contributed by atoms with Gasteiger partial charge in [-0.3, -0.25) is 4.98 Å². The number of aryl methyl sites for hydroxylation is 1. The van der Waals surface area contributed by atoms with Crippen LogP contribution >= 0.6 is 12.2 Å². The average molecular weight is 382 g/mol. The zero-order chi connectivity index (χ0) is 19.1. The van der Waals surface area contributed by atoms with Crippen molar-refractivity contribution in [2.75, 3.05) is 19.0 Å². The normalized spacial score (nSPS) is 16.0. The first-order chi connectivity index (χ1) is 13.2. The third-order valence-corrected chi connectivity index (χ3v) is 5.20. The average Bonchev–Trinajstić information content (AvgIpc) is 2.69. The predicted molar refractivity (Wildman–Crippen MR) is 115 cm³/mol. The first kappa shape index (κ1) is 19.4. The Morgan fingerprint density at radius 2 is 2.22 bits per heavy atom. The van der Waals surface area contributed by atoms with Crippen LogP contribution in [0.2, 0.25) is 0 Å². The molecule has 1 heterocycles. The van der Waals surface area contributed by atoms with E-state index in [1.807, 2.05) is 24.4 Å². The Labute approximate surface area is 167 Å². The quantitative estimate of drug-likeness (QED) is 0.566. The van der Waals surface area contributed by atoms with Crippen LogP contribution in [0, 0.1) is 12.8 Å². The summed E-state index contributed by atoms with van der Waals surface area (Å²) in [6.07, 6.45) is 11.7. The number of aromatic nitrogens is 1. The standard InChI is InChI=1S/C22H27N3OS/c1-17-10-11-21(26-2)20(13-17)24-22(27)25(15-18-7-4-3-5-8-18)16-19-9-6-12-23-14-19/h3-4,6,9-14,18H,5,7-8,15-16H2,1-2H3,(H,24,27). The monoisotopic (exact) mass is 381 g/mol. The van der Waals surface area contributed by atoms with Crippen molar-refractivity contribution < 1.29 is 4.74 Å². The van der Waals surface area contributed by atoms with Crippen molar-refractivity contribution in [2.24, 2.45) is 5.92 Å². The lowest BCUT2D eigenvalue weighted by Gasteiger charge is -2.31. The molecule has 1 N–H and O–H groups in total. The maximum atomic E-state index is 5.80. The van der Waals surface area contributed by atoms with Gasteiger partial charge in [-0.1, -0.05) is 24.3 Å². The molecular formula is C22H27N3OS. The molecule has 0 bridgehead atoms. The number of nitrogens with one attached hydrogen (secondary N) is 1. The largest absolute Gasteiger partial charge is 0.495 e. The number of thiocarbonyl (C=S) groups is 1. The smallest absolute Gasteiger partial charge is 0.173 e. The lowest BCUT2D eigenvalue weighted by Crippen LogP contribution is -2.38. The van der Waals surface area contributed by atoms with Gasteiger partial charge in [0.25, 0.3) is 0 Å². The lowest BCUT2D eigenvalue weighted by molar-refractivity contribution is 0.318. The van der Waals surface area contributed by atoms with Crippen molar-refractivity contribution in [2.45, 2.75) is 32.7 Å². The van der Waals surface area contributed by atoms with E-state index in [2.05, 4.69) is 46.4 Å². The van der Waals surface area contributed by atoms with E-state index in [1.54, 1.807) is 13.3 Å². The van der Waals surface area contributed by atoms with Gasteiger partial charge in [0.05, 0.1) is 12.8 Å². The fourth-order valence-corrected chi connectivity index (χ4v) is 3.63. The van der Waals surface area contributed by atoms with Gasteiger partial charge in [-0.05, 0) is 73.6 Å². The molecule has 2 aromatic rings. The van der Waals surface area contributed by atoms with Crippen LogP contribution in [0.1, 0.15) is 30.4 Å². The Bertz CT molecular complexity index is 791. The van der Waals surface area contributed by atoms with Crippen molar-refractivity contribution in [3.05, 3.63) is 66.0 Å². The molecule has 0 spiro atoms. The molecule has 4 nitrogen and oxygen atoms in total. The second-order valence-electron chi connectivity index (χ2n) is 7.03. The minimum Gasteiger partial charge on any atom is -0.495 e. The number of hydrogen-bond donors (Lipinski definition) is 1. The molecule has 0 aliphatic heterocycles. The Morgan fingerprint density at radius 1 is 1.33 bits per heavy atom. The number of hydrogen-bond acceptors (Lipinski definition) is 3. The number of allylic oxidation sites excluding steroid dienone is 2. The molecule has 0 radical (unpaired) electrons. The summed E-state index contributed by atoms with van der Waals surface area (Å²) in [5.74, 6) is 1.41. The summed E-state index contributed by atoms with van der Waals surface area (Å²) in [6, 6.07) is 10.1. The third kappa shape index (κ3) is 5.54. The maximum absolute atomic E-state index is 5.80. The fraction of sp³-hybridized carbons (Fsp3) is 0.364. The van der Waals surface area contributed by atoms with E-state index < -0.39 is 0 Å². The van der Waals surface area contributed by atoms with E-state index in [4.69, 9.17) is 17.0 Å². The topological polar surface area (TPSA) is 37.4 Å². The number of nitrogens with zero attached hydrogens (tertiary/aromatic N) is 2. The summed E-state index contributed by atoms with van der Waals surface area (Å²) in [4.78, 5) is 6.49. The Balaban J connectivity index is 1.77. The molecule has 3 rings (SSSR count). The van der Waals surface area contributed by atoms with Gasteiger partial charge in [0, 0.05) is 25.5 Å². The molecule has 1 aliphatic rings. The Hall–Kier alpha value is -2.40. The van der Waals surface area contributed by atoms with Crippen molar-refractivity contribution in [1.82, 2.24) is 9.88 Å². The highest BCUT2D eigenvalue weighted by molar-refractivity contribution is 7.80. The van der Waals surface area contributed by atoms with Gasteiger partial charge >= 0.3 is 0 Å². The van der Waals surface area contributed by atoms with E-state index in [9.17, 15) is 0 Å². The number of ether oxygens (including phenoxy) is 1. The van der Waals surface area contributed by atoms with Gasteiger partial charge in [-0.2, -0.15) is 0 Å². The molecule has 1 aliphatic carbocycles. The number of benzene rings is 1. The van der Waals surface area contributed by atoms with Crippen LogP contribution in [0.5, 0.6) is 5.75 Å². The minimum absolute atomic E-state index is 0.617. The highest BCUT2D eigenvalue weighted by Crippen LogP contribution is 2.26. The van der Waals surface area contributed by atoms with Crippen LogP contribution < -0.4 is 10.1 Å². The highest BCUT2D eigenvalue weighted by atomic mass is 32.1. The van der Waals surface area contributed by atoms with Crippen LogP contribution in [0.4, 0.5) is 5.69 Å². The van der Waals surface area contributed by atoms with Gasteiger partial charge in [0.15, 0.2) is 5.11 Å². The van der Waals surface area contributed by atoms with Crippen LogP contribution in [0.15, 0.2) is 54.9 Å². The Kier molecular flexibility index (Phi) is 6.82. The van der Waals surface area contributed by atoms with Crippen molar-refractivity contribution in [3.8, 4) is 5.75 Å². The lowest BCUT2D eigenvalue weighted by atomic mass is 9.94. The molecule has 27 heavy (non-hydrogen) atoms. The fourth-order valence-electron chi connectivity index (χ4n) is 3.38. The summed E-state index contributed by atoms with van der Waals surface area (Å²) in [5.41, 5.74) is 3.23. The zero-order valence-electron chi connectivity index (χ0n) is 16.0. The number of pyridine rings is 1. The molecule has 1 aromatic carbocycles. The molecule has 1 unspecified atom stereocenters. The highest BCUT2D eigenvalue weighted by Gasteiger charge is 2.19. The molecule has 1 aromatic heterocycles. The second kappa shape index (κ2) is 9.51. The van der Waals surface area contributed by atoms with Crippen molar-refractivity contribution >= 4 is 23.0 Å². The van der Waals surface area contributed by atoms with Gasteiger partial charge in [-0.25, -0.2) is 0 Å². The molecule has 142 valence electrons. The van der Waals surface area contributed by atoms with Crippen LogP contribution in [0.25, 0.3) is 0 Å². The summed E-state index contributed by atoms with van der Waals surface area (Å²) in [7, 11) is 1.68. The number of methoxy groups -OCH3 is 1. The zero-order valence-corrected chi connectivity index (χ0v) is 16.8. The Morgan fingerprint density at radius 3 is 2.93 bits per heavy atom. The van der Waals surface area contributed by atoms with E-state index in [0.29, 0.717) is 5.92 Å². The summed E-state index contributed by atoms with van der Waals surface area (Å²) in [5, 5.41) is 4.13. The molecular weight excluding hydrogens is 354 g/mol. The molecule has 0 fully saturated rings. The van der Waals surface area contributed by atoms with Crippen LogP contribution in [-0.4, -0.2) is 28.7 Å². The van der Waals surface area contributed by atoms with Gasteiger partial charge in [0.2, 0.25) is 0 Å². The SMILES string of the molecule is COc1ccc(C)cc1NC(=S)N(Cc1cccnc1)CC1CC=CCC1. The van der Waals surface area contributed by atoms with E-state index >= 15 is 0 Å². The first-order valence-corrected chi connectivity index (χ1v) is 9.81. The predicted octanol–water partition coefficient (Wildman–Crippen LogP) is 4.95. The second-order valence-corrected chi connectivity index (χ2v) is 7.41. The summed E-state index contributed by atoms with van der Waals surface area (Å²) >= 11 is 5.80. The summed E-state index contributed by atoms with van der Waals surface area (Å²) < 4.78 is 5.49. The third-order valence-electron chi connectivity index (χ3n) is 4.84. The molecule has 0 saturated heterocycles. The molecule has 0 saturated carbocycles. The number of rotatable bonds is 6. The van der Waals surface area contributed by atoms with E-state index in [-0.39, 0.29) is 0 Å². The molecule has 0 amide bonds. The summed E-state index contributed by atoms with van der Waals surface area (Å²) in [6.45, 7) is 3.74. The van der Waals surface area contributed by atoms with Crippen molar-refractivity contribution in [1.29, 1.82) is 0 Å². The van der Waals surface area contributed by atoms with Gasteiger partial charge < -0.3 is 15.0 Å². The van der Waals surface area contributed by atoms with E-state index in [0.717, 1.165) is 53.6 Å². The minimum atomic E-state index is 0.617. The van der Waals surface area contributed by atoms with Crippen molar-refractivity contribution in [3.63, 3.8) is 0 Å². The van der Waals surface area contributed by atoms with Gasteiger partial charge in [-0.15, -0.1) is 0 Å². The van der Waals surface area contributed by atoms with Crippen LogP contribution in [-0.2, 0) is 6.54 Å². The number of anilines is 1. The van der Waals surface area contributed by atoms with Crippen LogP contribution in [0.3, 0.4) is 0 Å².